The van der Waals surface area contributed by atoms with E-state index in [9.17, 15) is 40.4 Å². The molecule has 48 heavy (non-hydrogen) atoms. The summed E-state index contributed by atoms with van der Waals surface area (Å²) >= 11 is 6.20. The number of sulfone groups is 1. The van der Waals surface area contributed by atoms with Crippen LogP contribution < -0.4 is 20.9 Å². The first-order valence-electron chi connectivity index (χ1n) is 14.3. The molecular formula is C30H27ClF4N6O6S. The third-order valence-corrected chi connectivity index (χ3v) is 9.62. The molecule has 18 heteroatoms. The molecule has 0 saturated carbocycles. The van der Waals surface area contributed by atoms with Crippen molar-refractivity contribution >= 4 is 38.9 Å². The predicted octanol–water partition coefficient (Wildman–Crippen LogP) is 4.42. The van der Waals surface area contributed by atoms with E-state index in [2.05, 4.69) is 20.9 Å². The lowest BCUT2D eigenvalue weighted by atomic mass is 10.0. The average Bonchev–Trinajstić information content (AvgIpc) is 3.64. The van der Waals surface area contributed by atoms with Gasteiger partial charge in [0, 0.05) is 33.9 Å². The molecule has 0 radical (unpaired) electrons. The lowest BCUT2D eigenvalue weighted by Gasteiger charge is -2.21. The number of amides is 2. The highest BCUT2D eigenvalue weighted by Gasteiger charge is 2.35. The second-order valence-electron chi connectivity index (χ2n) is 10.9. The first kappa shape index (κ1) is 34.6. The minimum absolute atomic E-state index is 0.0118. The fourth-order valence-electron chi connectivity index (χ4n) is 5.26. The zero-order chi connectivity index (χ0) is 35.0. The van der Waals surface area contributed by atoms with Gasteiger partial charge in [0.05, 0.1) is 42.3 Å². The van der Waals surface area contributed by atoms with Gasteiger partial charge in [0.15, 0.2) is 15.5 Å². The summed E-state index contributed by atoms with van der Waals surface area (Å²) in [6.07, 6.45) is -2.48. The SMILES string of the molecule is CC[C@@H](C(=O)Nc1ccc(C(=O)NC2CCS(=O)(=O)C2)c(F)c1)n1cc(OC)c(-c2cc(Cl)ccc2-n2cc(C(F)(F)F)nn2)cc1=O. The van der Waals surface area contributed by atoms with Gasteiger partial charge in [-0.25, -0.2) is 17.5 Å². The number of carbonyl (C=O) groups is 2. The van der Waals surface area contributed by atoms with Gasteiger partial charge in [0.2, 0.25) is 5.91 Å². The van der Waals surface area contributed by atoms with Crippen molar-refractivity contribution in [1.29, 1.82) is 0 Å². The monoisotopic (exact) mass is 710 g/mol. The smallest absolute Gasteiger partial charge is 0.436 e. The number of hydrogen-bond acceptors (Lipinski definition) is 8. The van der Waals surface area contributed by atoms with Crippen LogP contribution in [0.15, 0.2) is 59.7 Å². The van der Waals surface area contributed by atoms with Gasteiger partial charge in [-0.2, -0.15) is 13.2 Å². The summed E-state index contributed by atoms with van der Waals surface area (Å²) in [5.74, 6) is -2.70. The predicted molar refractivity (Wildman–Crippen MR) is 167 cm³/mol. The summed E-state index contributed by atoms with van der Waals surface area (Å²) in [6, 6.07) is 6.95. The van der Waals surface area contributed by atoms with Gasteiger partial charge in [0.25, 0.3) is 11.5 Å². The second-order valence-corrected chi connectivity index (χ2v) is 13.6. The Bertz CT molecular complexity index is 2070. The van der Waals surface area contributed by atoms with E-state index in [1.807, 2.05) is 0 Å². The molecule has 12 nitrogen and oxygen atoms in total. The van der Waals surface area contributed by atoms with Crippen LogP contribution in [0.4, 0.5) is 23.2 Å². The molecule has 1 fully saturated rings. The number of nitrogens with one attached hydrogen (secondary N) is 2. The Hall–Kier alpha value is -4.77. The quantitative estimate of drug-likeness (QED) is 0.242. The number of aromatic nitrogens is 4. The minimum atomic E-state index is -4.75. The first-order chi connectivity index (χ1) is 22.6. The molecule has 0 spiro atoms. The van der Waals surface area contributed by atoms with Crippen molar-refractivity contribution in [2.45, 2.75) is 38.0 Å². The Balaban J connectivity index is 1.40. The molecule has 2 amide bonds. The number of alkyl halides is 3. The van der Waals surface area contributed by atoms with E-state index in [0.29, 0.717) is 6.20 Å². The molecule has 3 heterocycles. The summed E-state index contributed by atoms with van der Waals surface area (Å²) in [4.78, 5) is 39.3. The van der Waals surface area contributed by atoms with Gasteiger partial charge in [-0.05, 0) is 49.2 Å². The summed E-state index contributed by atoms with van der Waals surface area (Å²) in [6.45, 7) is 1.63. The Labute approximate surface area is 275 Å². The third kappa shape index (κ3) is 7.36. The maximum absolute atomic E-state index is 14.9. The van der Waals surface area contributed by atoms with Gasteiger partial charge in [-0.15, -0.1) is 5.10 Å². The molecule has 5 rings (SSSR count). The Morgan fingerprint density at radius 2 is 1.88 bits per heavy atom. The Morgan fingerprint density at radius 1 is 1.12 bits per heavy atom. The van der Waals surface area contributed by atoms with Gasteiger partial charge < -0.3 is 15.4 Å². The molecule has 254 valence electrons. The molecule has 1 saturated heterocycles. The number of ether oxygens (including phenoxy) is 1. The van der Waals surface area contributed by atoms with Crippen LogP contribution in [0.3, 0.4) is 0 Å². The van der Waals surface area contributed by atoms with E-state index in [1.54, 1.807) is 6.92 Å². The van der Waals surface area contributed by atoms with Crippen molar-refractivity contribution in [3.63, 3.8) is 0 Å². The lowest BCUT2D eigenvalue weighted by molar-refractivity contribution is -0.141. The highest BCUT2D eigenvalue weighted by Crippen LogP contribution is 2.36. The summed E-state index contributed by atoms with van der Waals surface area (Å²) < 4.78 is 85.4. The fraction of sp³-hybridized carbons (Fsp3) is 0.300. The average molecular weight is 711 g/mol. The van der Waals surface area contributed by atoms with Gasteiger partial charge >= 0.3 is 6.18 Å². The zero-order valence-electron chi connectivity index (χ0n) is 25.2. The third-order valence-electron chi connectivity index (χ3n) is 7.62. The van der Waals surface area contributed by atoms with Crippen molar-refractivity contribution in [2.24, 2.45) is 0 Å². The van der Waals surface area contributed by atoms with Gasteiger partial charge in [-0.3, -0.25) is 19.0 Å². The van der Waals surface area contributed by atoms with E-state index in [-0.39, 0.29) is 63.2 Å². The van der Waals surface area contributed by atoms with Crippen LogP contribution in [0.1, 0.15) is 41.9 Å². The maximum Gasteiger partial charge on any atom is 0.436 e. The van der Waals surface area contributed by atoms with E-state index in [1.165, 1.54) is 37.6 Å². The second kappa shape index (κ2) is 13.4. The van der Waals surface area contributed by atoms with Crippen LogP contribution in [0.5, 0.6) is 5.75 Å². The highest BCUT2D eigenvalue weighted by atomic mass is 35.5. The van der Waals surface area contributed by atoms with E-state index in [0.717, 1.165) is 27.4 Å². The van der Waals surface area contributed by atoms with Crippen LogP contribution in [0, 0.1) is 5.82 Å². The van der Waals surface area contributed by atoms with Gasteiger partial charge in [0.1, 0.15) is 17.6 Å². The van der Waals surface area contributed by atoms with E-state index < -0.39 is 57.0 Å². The van der Waals surface area contributed by atoms with Crippen LogP contribution in [0.2, 0.25) is 5.02 Å². The standard InChI is InChI=1S/C30H27ClF4N6O6S/c1-3-23(29(44)36-17-5-6-19(22(32)11-17)28(43)37-18-8-9-48(45,46)15-18)40-13-25(47-2)21(12-27(40)42)20-10-16(31)4-7-24(20)41-14-26(38-39-41)30(33,34)35/h4-7,10-14,18,23H,3,8-9,15H2,1-2H3,(H,36,44)(H,37,43)/t18?,23-/m0/s1. The maximum atomic E-state index is 14.9. The molecule has 2 atom stereocenters. The van der Waals surface area contributed by atoms with Crippen molar-refractivity contribution in [2.75, 3.05) is 23.9 Å². The van der Waals surface area contributed by atoms with Gasteiger partial charge in [-0.1, -0.05) is 23.7 Å². The molecular weight excluding hydrogens is 684 g/mol. The number of halogens is 5. The molecule has 0 bridgehead atoms. The lowest BCUT2D eigenvalue weighted by Crippen LogP contribution is -2.36. The van der Waals surface area contributed by atoms with Crippen molar-refractivity contribution in [1.82, 2.24) is 24.9 Å². The number of pyridine rings is 1. The molecule has 1 aliphatic heterocycles. The highest BCUT2D eigenvalue weighted by molar-refractivity contribution is 7.91. The zero-order valence-corrected chi connectivity index (χ0v) is 26.8. The number of benzene rings is 2. The van der Waals surface area contributed by atoms with Crippen LogP contribution in [-0.2, 0) is 20.8 Å². The molecule has 2 aromatic carbocycles. The number of carbonyl (C=O) groups excluding carboxylic acids is 2. The largest absolute Gasteiger partial charge is 0.495 e. The van der Waals surface area contributed by atoms with Crippen LogP contribution >= 0.6 is 11.6 Å². The normalized spacial score (nSPS) is 16.4. The summed E-state index contributed by atoms with van der Waals surface area (Å²) in [7, 11) is -1.97. The molecule has 2 N–H and O–H groups in total. The van der Waals surface area contributed by atoms with E-state index >= 15 is 0 Å². The number of nitrogens with zero attached hydrogens (tertiary/aromatic N) is 4. The molecule has 1 unspecified atom stereocenters. The Kier molecular flexibility index (Phi) is 9.64. The molecule has 1 aliphatic rings. The topological polar surface area (TPSA) is 154 Å². The van der Waals surface area contributed by atoms with Crippen molar-refractivity contribution in [3.05, 3.63) is 87.3 Å². The number of rotatable bonds is 9. The fourth-order valence-corrected chi connectivity index (χ4v) is 7.11. The molecule has 4 aromatic rings. The number of anilines is 1. The summed E-state index contributed by atoms with van der Waals surface area (Å²) in [5, 5.41) is 12.0. The molecule has 2 aromatic heterocycles. The number of hydrogen-bond donors (Lipinski definition) is 2. The van der Waals surface area contributed by atoms with Crippen LogP contribution in [0.25, 0.3) is 16.8 Å². The van der Waals surface area contributed by atoms with Crippen LogP contribution in [-0.4, -0.2) is 64.5 Å². The minimum Gasteiger partial charge on any atom is -0.495 e. The molecule has 0 aliphatic carbocycles. The Morgan fingerprint density at radius 3 is 2.48 bits per heavy atom. The van der Waals surface area contributed by atoms with Crippen molar-refractivity contribution < 1.29 is 40.3 Å². The number of methoxy groups -OCH3 is 1. The van der Waals surface area contributed by atoms with E-state index in [4.69, 9.17) is 16.3 Å². The first-order valence-corrected chi connectivity index (χ1v) is 16.5. The summed E-state index contributed by atoms with van der Waals surface area (Å²) in [5.41, 5.74) is -1.84. The van der Waals surface area contributed by atoms with Crippen molar-refractivity contribution in [3.8, 4) is 22.6 Å².